The number of halogens is 1. The Hall–Kier alpha value is -3.13. The third kappa shape index (κ3) is 4.96. The molecule has 1 amide bonds. The van der Waals surface area contributed by atoms with E-state index in [-0.39, 0.29) is 6.54 Å². The largest absolute Gasteiger partial charge is 0.502 e. The fourth-order valence-electron chi connectivity index (χ4n) is 1.74. The Morgan fingerprint density at radius 3 is 2.67 bits per heavy atom. The number of carbonyl (C=O) groups is 1. The molecule has 8 nitrogen and oxygen atoms in total. The third-order valence-electron chi connectivity index (χ3n) is 2.90. The van der Waals surface area contributed by atoms with Crippen LogP contribution >= 0.6 is 11.6 Å². The van der Waals surface area contributed by atoms with Crippen molar-refractivity contribution in [2.75, 3.05) is 11.9 Å². The van der Waals surface area contributed by atoms with Gasteiger partial charge in [-0.3, -0.25) is 14.9 Å². The zero-order valence-electron chi connectivity index (χ0n) is 12.3. The van der Waals surface area contributed by atoms with Gasteiger partial charge in [0, 0.05) is 22.3 Å². The average Bonchev–Trinajstić information content (AvgIpc) is 2.55. The molecule has 24 heavy (non-hydrogen) atoms. The summed E-state index contributed by atoms with van der Waals surface area (Å²) in [7, 11) is 0. The fourth-order valence-corrected chi connectivity index (χ4v) is 1.86. The highest BCUT2D eigenvalue weighted by Gasteiger charge is 2.12. The van der Waals surface area contributed by atoms with Crippen LogP contribution in [0.4, 0.5) is 11.4 Å². The summed E-state index contributed by atoms with van der Waals surface area (Å²) in [5, 5.41) is 27.2. The molecule has 2 rings (SSSR count). The summed E-state index contributed by atoms with van der Waals surface area (Å²) in [6.45, 7) is -0.00526. The van der Waals surface area contributed by atoms with Crippen LogP contribution in [0.5, 0.6) is 5.75 Å². The summed E-state index contributed by atoms with van der Waals surface area (Å²) < 4.78 is 0. The molecule has 2 aromatic rings. The molecule has 0 aromatic heterocycles. The van der Waals surface area contributed by atoms with Gasteiger partial charge in [0.1, 0.15) is 0 Å². The van der Waals surface area contributed by atoms with Crippen LogP contribution in [0, 0.1) is 10.1 Å². The van der Waals surface area contributed by atoms with Crippen LogP contribution in [-0.4, -0.2) is 28.7 Å². The lowest BCUT2D eigenvalue weighted by Crippen LogP contribution is -2.25. The van der Waals surface area contributed by atoms with Crippen LogP contribution < -0.4 is 10.7 Å². The minimum absolute atomic E-state index is 0.00526. The molecule has 9 heteroatoms. The number of phenols is 1. The Morgan fingerprint density at radius 1 is 1.29 bits per heavy atom. The second kappa shape index (κ2) is 7.93. The number of anilines is 1. The molecule has 0 unspecified atom stereocenters. The van der Waals surface area contributed by atoms with Gasteiger partial charge in [0.25, 0.3) is 5.91 Å². The smallest absolute Gasteiger partial charge is 0.311 e. The molecule has 0 fully saturated rings. The molecular weight excluding hydrogens is 336 g/mol. The molecule has 0 heterocycles. The predicted octanol–water partition coefficient (Wildman–Crippen LogP) is 2.52. The lowest BCUT2D eigenvalue weighted by Gasteiger charge is -2.05. The maximum atomic E-state index is 11.6. The molecule has 0 bridgehead atoms. The van der Waals surface area contributed by atoms with E-state index in [9.17, 15) is 20.0 Å². The Bertz CT molecular complexity index is 778. The number of nitrogens with one attached hydrogen (secondary N) is 2. The molecule has 0 radical (unpaired) electrons. The number of carbonyl (C=O) groups excluding carboxylic acids is 1. The van der Waals surface area contributed by atoms with Crippen molar-refractivity contribution < 1.29 is 14.8 Å². The van der Waals surface area contributed by atoms with Gasteiger partial charge in [-0.25, -0.2) is 5.43 Å². The number of benzene rings is 2. The third-order valence-corrected chi connectivity index (χ3v) is 3.15. The van der Waals surface area contributed by atoms with Crippen molar-refractivity contribution in [2.45, 2.75) is 0 Å². The van der Waals surface area contributed by atoms with E-state index in [0.717, 1.165) is 11.8 Å². The maximum absolute atomic E-state index is 11.6. The molecular formula is C15H13ClN4O4. The first-order chi connectivity index (χ1) is 11.5. The van der Waals surface area contributed by atoms with Crippen LogP contribution in [0.3, 0.4) is 0 Å². The van der Waals surface area contributed by atoms with Crippen molar-refractivity contribution in [1.29, 1.82) is 0 Å². The minimum atomic E-state index is -0.707. The number of hydrazone groups is 1. The van der Waals surface area contributed by atoms with Crippen molar-refractivity contribution in [3.8, 4) is 5.75 Å². The van der Waals surface area contributed by atoms with Crippen molar-refractivity contribution >= 4 is 35.1 Å². The normalized spacial score (nSPS) is 10.5. The quantitative estimate of drug-likeness (QED) is 0.421. The van der Waals surface area contributed by atoms with Crippen molar-refractivity contribution in [2.24, 2.45) is 5.10 Å². The molecule has 0 aliphatic heterocycles. The molecule has 0 aliphatic carbocycles. The number of nitrogens with zero attached hydrogens (tertiary/aromatic N) is 2. The second-order valence-corrected chi connectivity index (χ2v) is 5.10. The van der Waals surface area contributed by atoms with Crippen LogP contribution in [0.2, 0.25) is 5.02 Å². The molecule has 0 spiro atoms. The highest BCUT2D eigenvalue weighted by atomic mass is 35.5. The summed E-state index contributed by atoms with van der Waals surface area (Å²) in [6.07, 6.45) is 1.24. The van der Waals surface area contributed by atoms with Crippen LogP contribution in [-0.2, 0) is 4.79 Å². The van der Waals surface area contributed by atoms with E-state index in [0.29, 0.717) is 10.6 Å². The van der Waals surface area contributed by atoms with E-state index in [2.05, 4.69) is 15.8 Å². The Kier molecular flexibility index (Phi) is 5.69. The summed E-state index contributed by atoms with van der Waals surface area (Å²) in [4.78, 5) is 21.6. The first-order valence-corrected chi connectivity index (χ1v) is 7.12. The summed E-state index contributed by atoms with van der Waals surface area (Å²) >= 11 is 5.76. The van der Waals surface area contributed by atoms with Crippen molar-refractivity contribution in [3.63, 3.8) is 0 Å². The number of rotatable bonds is 6. The first kappa shape index (κ1) is 17.2. The monoisotopic (exact) mass is 348 g/mol. The zero-order valence-corrected chi connectivity index (χ0v) is 13.0. The van der Waals surface area contributed by atoms with Gasteiger partial charge in [0.2, 0.25) is 0 Å². The first-order valence-electron chi connectivity index (χ1n) is 6.74. The van der Waals surface area contributed by atoms with E-state index >= 15 is 0 Å². The van der Waals surface area contributed by atoms with Crippen LogP contribution in [0.15, 0.2) is 47.6 Å². The Morgan fingerprint density at radius 2 is 2.00 bits per heavy atom. The van der Waals surface area contributed by atoms with E-state index in [1.807, 2.05) is 0 Å². The molecule has 2 aromatic carbocycles. The molecule has 0 atom stereocenters. The van der Waals surface area contributed by atoms with Gasteiger partial charge in [-0.2, -0.15) is 5.10 Å². The predicted molar refractivity (Wildman–Crippen MR) is 90.4 cm³/mol. The van der Waals surface area contributed by atoms with Gasteiger partial charge < -0.3 is 10.4 Å². The van der Waals surface area contributed by atoms with Gasteiger partial charge in [-0.1, -0.05) is 11.6 Å². The van der Waals surface area contributed by atoms with Gasteiger partial charge in [0.05, 0.1) is 17.7 Å². The number of nitro benzene ring substituents is 1. The van der Waals surface area contributed by atoms with E-state index in [4.69, 9.17) is 11.6 Å². The Labute approximate surface area is 141 Å². The molecule has 3 N–H and O–H groups in total. The van der Waals surface area contributed by atoms with Gasteiger partial charge in [-0.05, 0) is 36.4 Å². The van der Waals surface area contributed by atoms with Crippen molar-refractivity contribution in [1.82, 2.24) is 5.43 Å². The number of hydrogen-bond acceptors (Lipinski definition) is 6. The topological polar surface area (TPSA) is 117 Å². The average molecular weight is 349 g/mol. The number of phenolic OH excluding ortho intramolecular Hbond substituents is 1. The van der Waals surface area contributed by atoms with Crippen molar-refractivity contribution in [3.05, 3.63) is 63.2 Å². The van der Waals surface area contributed by atoms with E-state index in [1.165, 1.54) is 18.3 Å². The lowest BCUT2D eigenvalue weighted by atomic mass is 10.2. The number of hydrogen-bond donors (Lipinski definition) is 3. The Balaban J connectivity index is 1.87. The highest BCUT2D eigenvalue weighted by Crippen LogP contribution is 2.25. The highest BCUT2D eigenvalue weighted by molar-refractivity contribution is 6.30. The number of aromatic hydroxyl groups is 1. The van der Waals surface area contributed by atoms with E-state index < -0.39 is 22.3 Å². The summed E-state index contributed by atoms with van der Waals surface area (Å²) in [6, 6.07) is 10.6. The maximum Gasteiger partial charge on any atom is 0.311 e. The van der Waals surface area contributed by atoms with Gasteiger partial charge in [-0.15, -0.1) is 0 Å². The number of nitro groups is 1. The van der Waals surface area contributed by atoms with Gasteiger partial charge in [0.15, 0.2) is 5.75 Å². The number of amides is 1. The van der Waals surface area contributed by atoms with Crippen LogP contribution in [0.25, 0.3) is 0 Å². The molecule has 0 saturated heterocycles. The lowest BCUT2D eigenvalue weighted by molar-refractivity contribution is -0.385. The van der Waals surface area contributed by atoms with Crippen LogP contribution in [0.1, 0.15) is 5.56 Å². The van der Waals surface area contributed by atoms with E-state index in [1.54, 1.807) is 24.3 Å². The minimum Gasteiger partial charge on any atom is -0.502 e. The SMILES string of the molecule is O=C(CNc1ccc(Cl)cc1)N/N=C\c1ccc(O)c([N+](=O)[O-])c1. The summed E-state index contributed by atoms with van der Waals surface area (Å²) in [5.74, 6) is -0.831. The zero-order chi connectivity index (χ0) is 17.5. The molecule has 124 valence electrons. The second-order valence-electron chi connectivity index (χ2n) is 4.66. The van der Waals surface area contributed by atoms with Gasteiger partial charge >= 0.3 is 5.69 Å². The molecule has 0 aliphatic rings. The summed E-state index contributed by atoms with van der Waals surface area (Å²) in [5.41, 5.74) is 2.95. The fraction of sp³-hybridized carbons (Fsp3) is 0.0667. The standard InChI is InChI=1S/C15H13ClN4O4/c16-11-2-4-12(5-3-11)17-9-15(22)19-18-8-10-1-6-14(21)13(7-10)20(23)24/h1-8,17,21H,9H2,(H,19,22)/b18-8-. The molecule has 0 saturated carbocycles.